The minimum atomic E-state index is 0.109. The number of H-pyrrole nitrogens is 1. The molecular weight excluding hydrogens is 412 g/mol. The average molecular weight is 445 g/mol. The van der Waals surface area contributed by atoms with Crippen LogP contribution in [0.5, 0.6) is 0 Å². The summed E-state index contributed by atoms with van der Waals surface area (Å²) >= 11 is 1.73. The quantitative estimate of drug-likeness (QED) is 0.259. The Morgan fingerprint density at radius 3 is 2.56 bits per heavy atom. The normalized spacial score (nSPS) is 11.2. The number of thiophene rings is 1. The number of carbonyl (C=O) groups excluding carboxylic acids is 1. The van der Waals surface area contributed by atoms with E-state index in [1.54, 1.807) is 11.3 Å². The van der Waals surface area contributed by atoms with Crippen molar-refractivity contribution in [2.75, 3.05) is 6.54 Å². The Bertz CT molecular complexity index is 1160. The lowest BCUT2D eigenvalue weighted by atomic mass is 10.0. The Morgan fingerprint density at radius 2 is 1.81 bits per heavy atom. The SMILES string of the molecule is CCCCCc1ccc(C(=O)N(CCc2c[nH]c3ccccc23)Cc2sccc2C)cc1. The zero-order valence-corrected chi connectivity index (χ0v) is 19.9. The maximum atomic E-state index is 13.5. The summed E-state index contributed by atoms with van der Waals surface area (Å²) in [5, 5.41) is 3.35. The highest BCUT2D eigenvalue weighted by Crippen LogP contribution is 2.22. The van der Waals surface area contributed by atoms with Crippen molar-refractivity contribution in [3.63, 3.8) is 0 Å². The summed E-state index contributed by atoms with van der Waals surface area (Å²) in [6, 6.07) is 18.7. The summed E-state index contributed by atoms with van der Waals surface area (Å²) < 4.78 is 0. The second-order valence-corrected chi connectivity index (χ2v) is 9.52. The van der Waals surface area contributed by atoms with Gasteiger partial charge in [0.2, 0.25) is 0 Å². The minimum Gasteiger partial charge on any atom is -0.361 e. The molecule has 0 aliphatic heterocycles. The molecule has 4 aromatic rings. The molecule has 4 heteroatoms. The van der Waals surface area contributed by atoms with Gasteiger partial charge in [-0.15, -0.1) is 11.3 Å². The Balaban J connectivity index is 1.50. The van der Waals surface area contributed by atoms with Crippen molar-refractivity contribution in [2.45, 2.75) is 52.5 Å². The van der Waals surface area contributed by atoms with E-state index in [1.807, 2.05) is 23.1 Å². The molecule has 2 aromatic heterocycles. The Morgan fingerprint density at radius 1 is 1.00 bits per heavy atom. The van der Waals surface area contributed by atoms with Crippen LogP contribution in [0.2, 0.25) is 0 Å². The molecule has 1 N–H and O–H groups in total. The third-order valence-electron chi connectivity index (χ3n) is 6.19. The molecule has 0 atom stereocenters. The highest BCUT2D eigenvalue weighted by Gasteiger charge is 2.18. The molecule has 1 amide bonds. The summed E-state index contributed by atoms with van der Waals surface area (Å²) in [7, 11) is 0. The smallest absolute Gasteiger partial charge is 0.254 e. The van der Waals surface area contributed by atoms with Gasteiger partial charge in [-0.2, -0.15) is 0 Å². The molecule has 0 aliphatic rings. The number of unbranched alkanes of at least 4 members (excludes halogenated alkanes) is 2. The van der Waals surface area contributed by atoms with E-state index in [0.717, 1.165) is 23.9 Å². The third-order valence-corrected chi connectivity index (χ3v) is 7.19. The zero-order chi connectivity index (χ0) is 22.3. The van der Waals surface area contributed by atoms with Crippen molar-refractivity contribution in [3.05, 3.63) is 93.3 Å². The summed E-state index contributed by atoms with van der Waals surface area (Å²) in [5.74, 6) is 0.109. The molecule has 0 aliphatic carbocycles. The molecule has 4 rings (SSSR count). The molecule has 32 heavy (non-hydrogen) atoms. The summed E-state index contributed by atoms with van der Waals surface area (Å²) in [5.41, 5.74) is 5.75. The van der Waals surface area contributed by atoms with E-state index in [2.05, 4.69) is 66.8 Å². The largest absolute Gasteiger partial charge is 0.361 e. The highest BCUT2D eigenvalue weighted by atomic mass is 32.1. The predicted octanol–water partition coefficient (Wildman–Crippen LogP) is 7.16. The van der Waals surface area contributed by atoms with Gasteiger partial charge in [0.05, 0.1) is 6.54 Å². The number of para-hydroxylation sites is 1. The first-order valence-corrected chi connectivity index (χ1v) is 12.5. The van der Waals surface area contributed by atoms with Crippen LogP contribution in [-0.4, -0.2) is 22.3 Å². The number of nitrogens with zero attached hydrogens (tertiary/aromatic N) is 1. The average Bonchev–Trinajstić information content (AvgIpc) is 3.42. The van der Waals surface area contributed by atoms with E-state index in [4.69, 9.17) is 0 Å². The van der Waals surface area contributed by atoms with Gasteiger partial charge < -0.3 is 9.88 Å². The minimum absolute atomic E-state index is 0.109. The topological polar surface area (TPSA) is 36.1 Å². The van der Waals surface area contributed by atoms with E-state index in [0.29, 0.717) is 13.1 Å². The Hall–Kier alpha value is -2.85. The molecule has 2 aromatic carbocycles. The van der Waals surface area contributed by atoms with Gasteiger partial charge in [-0.3, -0.25) is 4.79 Å². The van der Waals surface area contributed by atoms with Crippen molar-refractivity contribution in [2.24, 2.45) is 0 Å². The van der Waals surface area contributed by atoms with Gasteiger partial charge >= 0.3 is 0 Å². The van der Waals surface area contributed by atoms with Gasteiger partial charge in [-0.05, 0) is 72.5 Å². The van der Waals surface area contributed by atoms with Crippen molar-refractivity contribution in [3.8, 4) is 0 Å². The Kier molecular flexibility index (Phi) is 7.43. The first kappa shape index (κ1) is 22.3. The maximum Gasteiger partial charge on any atom is 0.254 e. The molecule has 0 bridgehead atoms. The molecule has 0 radical (unpaired) electrons. The number of amides is 1. The van der Waals surface area contributed by atoms with E-state index in [9.17, 15) is 4.79 Å². The second-order valence-electron chi connectivity index (χ2n) is 8.52. The van der Waals surface area contributed by atoms with Crippen LogP contribution in [0.25, 0.3) is 10.9 Å². The number of aryl methyl sites for hydroxylation is 2. The van der Waals surface area contributed by atoms with Crippen molar-refractivity contribution in [1.82, 2.24) is 9.88 Å². The van der Waals surface area contributed by atoms with Crippen molar-refractivity contribution >= 4 is 28.1 Å². The highest BCUT2D eigenvalue weighted by molar-refractivity contribution is 7.10. The van der Waals surface area contributed by atoms with Crippen molar-refractivity contribution in [1.29, 1.82) is 0 Å². The lowest BCUT2D eigenvalue weighted by Gasteiger charge is -2.23. The molecule has 0 fully saturated rings. The van der Waals surface area contributed by atoms with Crippen LogP contribution in [-0.2, 0) is 19.4 Å². The standard InChI is InChI=1S/C28H32N2OS/c1-3-4-5-8-22-11-13-23(14-12-22)28(31)30(20-27-21(2)16-18-32-27)17-15-24-19-29-26-10-7-6-9-25(24)26/h6-7,9-14,16,18-19,29H,3-5,8,15,17,20H2,1-2H3. The third kappa shape index (κ3) is 5.31. The molecular formula is C28H32N2OS. The first-order chi connectivity index (χ1) is 15.7. The number of nitrogens with one attached hydrogen (secondary N) is 1. The van der Waals surface area contributed by atoms with Crippen LogP contribution in [0, 0.1) is 6.92 Å². The van der Waals surface area contributed by atoms with Gasteiger partial charge in [0, 0.05) is 34.1 Å². The summed E-state index contributed by atoms with van der Waals surface area (Å²) in [6.07, 6.45) is 7.68. The number of carbonyl (C=O) groups is 1. The van der Waals surface area contributed by atoms with Crippen LogP contribution in [0.4, 0.5) is 0 Å². The second kappa shape index (κ2) is 10.6. The predicted molar refractivity (Wildman–Crippen MR) is 135 cm³/mol. The molecule has 0 saturated heterocycles. The summed E-state index contributed by atoms with van der Waals surface area (Å²) in [6.45, 7) is 5.69. The number of fused-ring (bicyclic) bond motifs is 1. The fourth-order valence-corrected chi connectivity index (χ4v) is 5.08. The fourth-order valence-electron chi connectivity index (χ4n) is 4.16. The number of aromatic amines is 1. The Labute approximate surface area is 195 Å². The molecule has 2 heterocycles. The number of benzene rings is 2. The van der Waals surface area contributed by atoms with Gasteiger partial charge in [-0.1, -0.05) is 50.1 Å². The van der Waals surface area contributed by atoms with Gasteiger partial charge in [0.1, 0.15) is 0 Å². The first-order valence-electron chi connectivity index (χ1n) is 11.6. The molecule has 3 nitrogen and oxygen atoms in total. The number of aromatic nitrogens is 1. The van der Waals surface area contributed by atoms with E-state index in [1.165, 1.54) is 46.2 Å². The van der Waals surface area contributed by atoms with Gasteiger partial charge in [-0.25, -0.2) is 0 Å². The number of hydrogen-bond acceptors (Lipinski definition) is 2. The molecule has 0 spiro atoms. The lowest BCUT2D eigenvalue weighted by molar-refractivity contribution is 0.0746. The number of rotatable bonds is 10. The molecule has 0 saturated carbocycles. The zero-order valence-electron chi connectivity index (χ0n) is 19.1. The monoisotopic (exact) mass is 444 g/mol. The molecule has 166 valence electrons. The van der Waals surface area contributed by atoms with Crippen LogP contribution >= 0.6 is 11.3 Å². The van der Waals surface area contributed by atoms with Crippen LogP contribution in [0.15, 0.2) is 66.2 Å². The fraction of sp³-hybridized carbons (Fsp3) is 0.321. The number of hydrogen-bond donors (Lipinski definition) is 1. The lowest BCUT2D eigenvalue weighted by Crippen LogP contribution is -2.32. The van der Waals surface area contributed by atoms with E-state index >= 15 is 0 Å². The van der Waals surface area contributed by atoms with Crippen molar-refractivity contribution < 1.29 is 4.79 Å². The van der Waals surface area contributed by atoms with E-state index < -0.39 is 0 Å². The maximum absolute atomic E-state index is 13.5. The van der Waals surface area contributed by atoms with Crippen LogP contribution in [0.1, 0.15) is 58.1 Å². The van der Waals surface area contributed by atoms with Gasteiger partial charge in [0.15, 0.2) is 0 Å². The van der Waals surface area contributed by atoms with Gasteiger partial charge in [0.25, 0.3) is 5.91 Å². The summed E-state index contributed by atoms with van der Waals surface area (Å²) in [4.78, 5) is 20.1. The van der Waals surface area contributed by atoms with Crippen LogP contribution < -0.4 is 0 Å². The van der Waals surface area contributed by atoms with Crippen LogP contribution in [0.3, 0.4) is 0 Å². The van der Waals surface area contributed by atoms with E-state index in [-0.39, 0.29) is 5.91 Å². The molecule has 0 unspecified atom stereocenters.